The lowest BCUT2D eigenvalue weighted by molar-refractivity contribution is 0.0936. The Kier molecular flexibility index (Phi) is 8.35. The van der Waals surface area contributed by atoms with Crippen LogP contribution < -0.4 is 15.5 Å². The summed E-state index contributed by atoms with van der Waals surface area (Å²) in [5.74, 6) is -0.673. The number of nitrogens with zero attached hydrogens (tertiary/aromatic N) is 5. The van der Waals surface area contributed by atoms with Crippen LogP contribution in [0.1, 0.15) is 61.2 Å². The molecule has 0 radical (unpaired) electrons. The maximum atomic E-state index is 12.6. The first-order chi connectivity index (χ1) is 16.7. The van der Waals surface area contributed by atoms with E-state index < -0.39 is 0 Å². The minimum absolute atomic E-state index is 0.0178. The average molecular weight is 476 g/mol. The van der Waals surface area contributed by atoms with Gasteiger partial charge in [0.15, 0.2) is 0 Å². The van der Waals surface area contributed by atoms with E-state index in [9.17, 15) is 9.59 Å². The molecule has 2 heterocycles. The third-order valence-electron chi connectivity index (χ3n) is 5.37. The molecule has 3 aromatic rings. The molecule has 1 aromatic carbocycles. The Bertz CT molecular complexity index is 1210. The molecule has 0 aliphatic carbocycles. The molecule has 0 atom stereocenters. The highest BCUT2D eigenvalue weighted by Crippen LogP contribution is 2.31. The van der Waals surface area contributed by atoms with E-state index in [2.05, 4.69) is 50.5 Å². The molecule has 35 heavy (non-hydrogen) atoms. The van der Waals surface area contributed by atoms with Gasteiger partial charge in [0.05, 0.1) is 23.3 Å². The molecule has 0 saturated heterocycles. The van der Waals surface area contributed by atoms with Gasteiger partial charge in [0, 0.05) is 43.7 Å². The first kappa shape index (κ1) is 25.6. The van der Waals surface area contributed by atoms with Crippen LogP contribution in [0.3, 0.4) is 0 Å². The van der Waals surface area contributed by atoms with Crippen LogP contribution >= 0.6 is 0 Å². The lowest BCUT2D eigenvalue weighted by atomic mass is 10.2. The van der Waals surface area contributed by atoms with Gasteiger partial charge in [0.2, 0.25) is 0 Å². The summed E-state index contributed by atoms with van der Waals surface area (Å²) in [6, 6.07) is 11.1. The maximum absolute atomic E-state index is 12.6. The Morgan fingerprint density at radius 2 is 1.83 bits per heavy atom. The zero-order valence-corrected chi connectivity index (χ0v) is 21.1. The van der Waals surface area contributed by atoms with Gasteiger partial charge in [-0.2, -0.15) is 5.10 Å². The highest BCUT2D eigenvalue weighted by atomic mass is 16.2. The van der Waals surface area contributed by atoms with Crippen LogP contribution in [0.15, 0.2) is 53.8 Å². The highest BCUT2D eigenvalue weighted by Gasteiger charge is 2.15. The Labute approximate surface area is 206 Å². The number of carbonyl (C=O) groups is 2. The fourth-order valence-corrected chi connectivity index (χ4v) is 3.35. The summed E-state index contributed by atoms with van der Waals surface area (Å²) in [7, 11) is 2.04. The number of pyridine rings is 1. The number of carbonyl (C=O) groups excluding carboxylic acids is 2. The second-order valence-corrected chi connectivity index (χ2v) is 8.78. The Balaban J connectivity index is 1.72. The van der Waals surface area contributed by atoms with Crippen LogP contribution in [0, 0.1) is 0 Å². The molecule has 0 aliphatic heterocycles. The number of hydrogen-bond acceptors (Lipinski definition) is 6. The Morgan fingerprint density at radius 3 is 2.49 bits per heavy atom. The van der Waals surface area contributed by atoms with Crippen molar-refractivity contribution in [2.24, 2.45) is 4.99 Å². The monoisotopic (exact) mass is 475 g/mol. The fraction of sp³-hybridized carbons (Fsp3) is 0.346. The molecular weight excluding hydrogens is 442 g/mol. The molecule has 0 bridgehead atoms. The largest absolute Gasteiger partial charge is 0.370 e. The quantitative estimate of drug-likeness (QED) is 0.457. The molecule has 0 unspecified atom stereocenters. The number of aliphatic imine (C=N–C) groups is 1. The van der Waals surface area contributed by atoms with E-state index in [1.54, 1.807) is 35.3 Å². The minimum atomic E-state index is -0.362. The van der Waals surface area contributed by atoms with Crippen LogP contribution in [0.25, 0.3) is 5.69 Å². The van der Waals surface area contributed by atoms with Crippen molar-refractivity contribution in [2.75, 3.05) is 11.9 Å². The molecule has 2 aromatic heterocycles. The normalized spacial score (nSPS) is 11.3. The van der Waals surface area contributed by atoms with Gasteiger partial charge in [-0.25, -0.2) is 9.67 Å². The molecule has 0 aliphatic rings. The van der Waals surface area contributed by atoms with Gasteiger partial charge in [-0.05, 0) is 65.0 Å². The number of benzene rings is 1. The van der Waals surface area contributed by atoms with E-state index >= 15 is 0 Å². The fourth-order valence-electron chi connectivity index (χ4n) is 3.35. The highest BCUT2D eigenvalue weighted by molar-refractivity contribution is 5.96. The minimum Gasteiger partial charge on any atom is -0.370 e. The summed E-state index contributed by atoms with van der Waals surface area (Å²) in [4.78, 5) is 35.6. The van der Waals surface area contributed by atoms with Gasteiger partial charge < -0.3 is 15.5 Å². The second-order valence-electron chi connectivity index (χ2n) is 8.78. The van der Waals surface area contributed by atoms with Crippen molar-refractivity contribution in [3.8, 4) is 5.69 Å². The topological polar surface area (TPSA) is 105 Å². The molecule has 3 rings (SSSR count). The number of anilines is 1. The third kappa shape index (κ3) is 6.53. The van der Waals surface area contributed by atoms with E-state index in [0.29, 0.717) is 6.04 Å². The zero-order chi connectivity index (χ0) is 25.5. The first-order valence-corrected chi connectivity index (χ1v) is 11.6. The van der Waals surface area contributed by atoms with Crippen LogP contribution in [0.4, 0.5) is 11.4 Å². The lowest BCUT2D eigenvalue weighted by Gasteiger charge is -2.25. The van der Waals surface area contributed by atoms with Crippen LogP contribution in [0.2, 0.25) is 0 Å². The standard InChI is InChI=1S/C26H33N7O2/c1-7-27-21-12-11-20(13-24(21)32(6)18(4)5)33-16-19(15-29-33)14-28-25(34)22-9-8-10-23(31-22)26(35)30-17(2)3/h7-13,15-18H,14H2,1-6H3,(H,28,34)(H,30,35). The van der Waals surface area contributed by atoms with Crippen molar-refractivity contribution in [1.82, 2.24) is 25.4 Å². The molecule has 184 valence electrons. The van der Waals surface area contributed by atoms with Gasteiger partial charge in [-0.1, -0.05) is 6.07 Å². The Hall–Kier alpha value is -4.01. The number of amides is 2. The van der Waals surface area contributed by atoms with Crippen molar-refractivity contribution < 1.29 is 9.59 Å². The smallest absolute Gasteiger partial charge is 0.270 e. The zero-order valence-electron chi connectivity index (χ0n) is 21.1. The molecular formula is C26H33N7O2. The van der Waals surface area contributed by atoms with E-state index in [0.717, 1.165) is 22.6 Å². The van der Waals surface area contributed by atoms with E-state index in [1.807, 2.05) is 46.1 Å². The van der Waals surface area contributed by atoms with Crippen molar-refractivity contribution in [2.45, 2.75) is 53.2 Å². The number of aromatic nitrogens is 3. The molecule has 2 amide bonds. The summed E-state index contributed by atoms with van der Waals surface area (Å²) in [6.07, 6.45) is 5.37. The molecule has 0 fully saturated rings. The SMILES string of the molecule is CC=Nc1ccc(-n2cc(CNC(=O)c3cccc(C(=O)NC(C)C)n3)cn2)cc1N(C)C(C)C. The summed E-state index contributed by atoms with van der Waals surface area (Å²) in [5.41, 5.74) is 4.02. The van der Waals surface area contributed by atoms with Crippen LogP contribution in [-0.2, 0) is 6.54 Å². The number of hydrogen-bond donors (Lipinski definition) is 2. The van der Waals surface area contributed by atoms with Gasteiger partial charge >= 0.3 is 0 Å². The summed E-state index contributed by atoms with van der Waals surface area (Å²) >= 11 is 0. The van der Waals surface area contributed by atoms with Crippen molar-refractivity contribution in [3.05, 3.63) is 65.7 Å². The van der Waals surface area contributed by atoms with Crippen molar-refractivity contribution in [3.63, 3.8) is 0 Å². The summed E-state index contributed by atoms with van der Waals surface area (Å²) in [6.45, 7) is 10.2. The van der Waals surface area contributed by atoms with E-state index in [4.69, 9.17) is 0 Å². The van der Waals surface area contributed by atoms with Gasteiger partial charge in [-0.15, -0.1) is 0 Å². The van der Waals surface area contributed by atoms with Crippen molar-refractivity contribution in [1.29, 1.82) is 0 Å². The van der Waals surface area contributed by atoms with E-state index in [-0.39, 0.29) is 35.8 Å². The van der Waals surface area contributed by atoms with E-state index in [1.165, 1.54) is 0 Å². The van der Waals surface area contributed by atoms with Gasteiger partial charge in [-0.3, -0.25) is 14.6 Å². The first-order valence-electron chi connectivity index (χ1n) is 11.6. The molecule has 9 nitrogen and oxygen atoms in total. The molecule has 0 spiro atoms. The third-order valence-corrected chi connectivity index (χ3v) is 5.37. The molecule has 2 N–H and O–H groups in total. The van der Waals surface area contributed by atoms with Crippen LogP contribution in [-0.4, -0.2) is 51.9 Å². The number of nitrogens with one attached hydrogen (secondary N) is 2. The van der Waals surface area contributed by atoms with Crippen LogP contribution in [0.5, 0.6) is 0 Å². The van der Waals surface area contributed by atoms with Gasteiger partial charge in [0.1, 0.15) is 11.4 Å². The number of rotatable bonds is 9. The Morgan fingerprint density at radius 1 is 1.11 bits per heavy atom. The predicted octanol–water partition coefficient (Wildman–Crippen LogP) is 3.90. The van der Waals surface area contributed by atoms with Crippen molar-refractivity contribution >= 4 is 29.4 Å². The predicted molar refractivity (Wildman–Crippen MR) is 139 cm³/mol. The second kappa shape index (κ2) is 11.4. The molecule has 9 heteroatoms. The molecule has 0 saturated carbocycles. The van der Waals surface area contributed by atoms with Gasteiger partial charge in [0.25, 0.3) is 11.8 Å². The average Bonchev–Trinajstić information content (AvgIpc) is 3.31. The summed E-state index contributed by atoms with van der Waals surface area (Å²) in [5, 5.41) is 10.1. The maximum Gasteiger partial charge on any atom is 0.270 e. The summed E-state index contributed by atoms with van der Waals surface area (Å²) < 4.78 is 1.77. The lowest BCUT2D eigenvalue weighted by Crippen LogP contribution is -2.31.